The van der Waals surface area contributed by atoms with Crippen LogP contribution in [0.4, 0.5) is 0 Å². The molecule has 1 saturated carbocycles. The zero-order valence-electron chi connectivity index (χ0n) is 15.4. The first-order valence-corrected chi connectivity index (χ1v) is 9.54. The fourth-order valence-corrected chi connectivity index (χ4v) is 3.37. The Hall–Kier alpha value is -1.39. The highest BCUT2D eigenvalue weighted by atomic mass is 16.4. The molecule has 0 unspecified atom stereocenters. The lowest BCUT2D eigenvalue weighted by molar-refractivity contribution is -0.137. The zero-order valence-corrected chi connectivity index (χ0v) is 15.4. The van der Waals surface area contributed by atoms with Crippen molar-refractivity contribution in [2.24, 2.45) is 11.8 Å². The van der Waals surface area contributed by atoms with E-state index in [1.54, 1.807) is 0 Å². The lowest BCUT2D eigenvalue weighted by atomic mass is 9.89. The number of aliphatic hydroxyl groups excluding tert-OH is 2. The average Bonchev–Trinajstić information content (AvgIpc) is 2.82. The third-order valence-electron chi connectivity index (χ3n) is 4.88. The highest BCUT2D eigenvalue weighted by molar-refractivity contribution is 5.66. The minimum Gasteiger partial charge on any atom is -0.481 e. The van der Waals surface area contributed by atoms with E-state index in [9.17, 15) is 15.0 Å². The molecule has 0 radical (unpaired) electrons. The fourth-order valence-electron chi connectivity index (χ4n) is 3.37. The summed E-state index contributed by atoms with van der Waals surface area (Å²) in [6.07, 6.45) is 14.1. The topological polar surface area (TPSA) is 77.8 Å². The van der Waals surface area contributed by atoms with Gasteiger partial charge in [0.15, 0.2) is 0 Å². The first-order chi connectivity index (χ1) is 12.0. The van der Waals surface area contributed by atoms with E-state index in [-0.39, 0.29) is 18.3 Å². The van der Waals surface area contributed by atoms with E-state index >= 15 is 0 Å². The lowest BCUT2D eigenvalue weighted by Crippen LogP contribution is -2.18. The van der Waals surface area contributed by atoms with Crippen LogP contribution in [0.1, 0.15) is 64.7 Å². The third-order valence-corrected chi connectivity index (χ3v) is 4.88. The molecule has 1 fully saturated rings. The predicted molar refractivity (Wildman–Crippen MR) is 101 cm³/mol. The van der Waals surface area contributed by atoms with Crippen LogP contribution in [0.5, 0.6) is 0 Å². The molecule has 0 aliphatic heterocycles. The van der Waals surface area contributed by atoms with Crippen LogP contribution in [-0.2, 0) is 4.79 Å². The molecule has 1 aliphatic carbocycles. The van der Waals surface area contributed by atoms with Crippen molar-refractivity contribution in [1.82, 2.24) is 0 Å². The Balaban J connectivity index is 2.48. The highest BCUT2D eigenvalue weighted by Crippen LogP contribution is 2.39. The molecule has 0 aromatic rings. The van der Waals surface area contributed by atoms with Gasteiger partial charge in [-0.05, 0) is 38.0 Å². The Morgan fingerprint density at radius 2 is 2.08 bits per heavy atom. The van der Waals surface area contributed by atoms with Gasteiger partial charge in [-0.15, -0.1) is 0 Å². The zero-order chi connectivity index (χ0) is 18.7. The van der Waals surface area contributed by atoms with Crippen molar-refractivity contribution >= 4 is 5.97 Å². The largest absolute Gasteiger partial charge is 0.481 e. The molecule has 142 valence electrons. The Labute approximate surface area is 152 Å². The molecule has 4 atom stereocenters. The molecule has 0 aromatic heterocycles. The van der Waals surface area contributed by atoms with Crippen molar-refractivity contribution in [1.29, 1.82) is 0 Å². The van der Waals surface area contributed by atoms with Crippen molar-refractivity contribution in [3.05, 3.63) is 36.5 Å². The molecule has 1 aliphatic rings. The minimum absolute atomic E-state index is 0.0855. The maximum Gasteiger partial charge on any atom is 0.303 e. The summed E-state index contributed by atoms with van der Waals surface area (Å²) < 4.78 is 0. The Morgan fingerprint density at radius 3 is 2.76 bits per heavy atom. The number of hydrogen-bond donors (Lipinski definition) is 3. The molecule has 25 heavy (non-hydrogen) atoms. The van der Waals surface area contributed by atoms with Gasteiger partial charge in [0.1, 0.15) is 0 Å². The SMILES string of the molecule is C=C1C[C@H](O)[C@H](C/C=C\CCCC(=O)O)[C@H]1/C=C/[C@H](O)CCCCC. The summed E-state index contributed by atoms with van der Waals surface area (Å²) in [5.74, 6) is -0.583. The van der Waals surface area contributed by atoms with Crippen LogP contribution >= 0.6 is 0 Å². The van der Waals surface area contributed by atoms with Crippen molar-refractivity contribution in [3.63, 3.8) is 0 Å². The molecule has 0 bridgehead atoms. The molecule has 4 nitrogen and oxygen atoms in total. The molecule has 3 N–H and O–H groups in total. The number of carboxylic acid groups (broad SMARTS) is 1. The first kappa shape index (κ1) is 21.7. The minimum atomic E-state index is -0.765. The van der Waals surface area contributed by atoms with Gasteiger partial charge in [-0.25, -0.2) is 0 Å². The smallest absolute Gasteiger partial charge is 0.303 e. The second-order valence-corrected chi connectivity index (χ2v) is 7.06. The standard InChI is InChI=1S/C21H34O4/c1-3-4-7-10-17(22)13-14-18-16(2)15-20(23)19(18)11-8-5-6-9-12-21(24)25/h5,8,13-14,17-20,22-23H,2-4,6-7,9-12,15H2,1H3,(H,24,25)/b8-5-,14-13+/t17-,18+,19-,20+/m1/s1. The summed E-state index contributed by atoms with van der Waals surface area (Å²) in [5.41, 5.74) is 1.02. The molecule has 4 heteroatoms. The van der Waals surface area contributed by atoms with Gasteiger partial charge in [0.25, 0.3) is 0 Å². The van der Waals surface area contributed by atoms with E-state index in [1.165, 1.54) is 0 Å². The second-order valence-electron chi connectivity index (χ2n) is 7.06. The molecule has 0 saturated heterocycles. The summed E-state index contributed by atoms with van der Waals surface area (Å²) in [5, 5.41) is 28.9. The number of rotatable bonds is 12. The molecule has 1 rings (SSSR count). The predicted octanol–water partition coefficient (Wildman–Crippen LogP) is 4.24. The van der Waals surface area contributed by atoms with E-state index < -0.39 is 18.2 Å². The van der Waals surface area contributed by atoms with Gasteiger partial charge in [0.05, 0.1) is 12.2 Å². The number of carbonyl (C=O) groups is 1. The lowest BCUT2D eigenvalue weighted by Gasteiger charge is -2.18. The highest BCUT2D eigenvalue weighted by Gasteiger charge is 2.35. The van der Waals surface area contributed by atoms with Gasteiger partial charge >= 0.3 is 5.97 Å². The van der Waals surface area contributed by atoms with Gasteiger partial charge in [-0.3, -0.25) is 4.79 Å². The van der Waals surface area contributed by atoms with E-state index in [0.29, 0.717) is 12.8 Å². The van der Waals surface area contributed by atoms with Crippen LogP contribution in [0.25, 0.3) is 0 Å². The number of allylic oxidation sites excluding steroid dienone is 3. The molecule has 0 heterocycles. The normalized spacial score (nSPS) is 25.2. The maximum atomic E-state index is 10.5. The van der Waals surface area contributed by atoms with Gasteiger partial charge in [-0.1, -0.05) is 62.6 Å². The summed E-state index contributed by atoms with van der Waals surface area (Å²) in [7, 11) is 0. The van der Waals surface area contributed by atoms with Crippen LogP contribution in [0.3, 0.4) is 0 Å². The summed E-state index contributed by atoms with van der Waals surface area (Å²) >= 11 is 0. The average molecular weight is 350 g/mol. The van der Waals surface area contributed by atoms with E-state index in [1.807, 2.05) is 24.3 Å². The molecule has 0 amide bonds. The fraction of sp³-hybridized carbons (Fsp3) is 0.667. The van der Waals surface area contributed by atoms with E-state index in [0.717, 1.165) is 44.1 Å². The summed E-state index contributed by atoms with van der Waals surface area (Å²) in [4.78, 5) is 10.5. The van der Waals surface area contributed by atoms with Crippen LogP contribution in [-0.4, -0.2) is 33.5 Å². The van der Waals surface area contributed by atoms with Gasteiger partial charge in [0, 0.05) is 12.3 Å². The molecular weight excluding hydrogens is 316 g/mol. The van der Waals surface area contributed by atoms with Crippen molar-refractivity contribution in [3.8, 4) is 0 Å². The van der Waals surface area contributed by atoms with E-state index in [4.69, 9.17) is 5.11 Å². The van der Waals surface area contributed by atoms with Gasteiger partial charge in [0.2, 0.25) is 0 Å². The van der Waals surface area contributed by atoms with Crippen LogP contribution in [0.15, 0.2) is 36.5 Å². The molecule has 0 aromatic carbocycles. The number of hydrogen-bond acceptors (Lipinski definition) is 3. The van der Waals surface area contributed by atoms with Crippen molar-refractivity contribution in [2.75, 3.05) is 0 Å². The summed E-state index contributed by atoms with van der Waals surface area (Å²) in [6, 6.07) is 0. The van der Waals surface area contributed by atoms with Crippen LogP contribution in [0.2, 0.25) is 0 Å². The van der Waals surface area contributed by atoms with Crippen molar-refractivity contribution < 1.29 is 20.1 Å². The molecule has 0 spiro atoms. The van der Waals surface area contributed by atoms with Gasteiger partial charge < -0.3 is 15.3 Å². The number of unbranched alkanes of at least 4 members (excludes halogenated alkanes) is 3. The first-order valence-electron chi connectivity index (χ1n) is 9.54. The second kappa shape index (κ2) is 12.0. The number of aliphatic hydroxyl groups is 2. The van der Waals surface area contributed by atoms with Gasteiger partial charge in [-0.2, -0.15) is 0 Å². The monoisotopic (exact) mass is 350 g/mol. The summed E-state index contributed by atoms with van der Waals surface area (Å²) in [6.45, 7) is 6.23. The maximum absolute atomic E-state index is 10.5. The van der Waals surface area contributed by atoms with Crippen molar-refractivity contribution in [2.45, 2.75) is 76.9 Å². The van der Waals surface area contributed by atoms with Crippen LogP contribution < -0.4 is 0 Å². The van der Waals surface area contributed by atoms with E-state index in [2.05, 4.69) is 13.5 Å². The Kier molecular flexibility index (Phi) is 10.4. The number of aliphatic carboxylic acids is 1. The Morgan fingerprint density at radius 1 is 1.32 bits per heavy atom. The quantitative estimate of drug-likeness (QED) is 0.363. The van der Waals surface area contributed by atoms with Crippen LogP contribution in [0, 0.1) is 11.8 Å². The number of carboxylic acids is 1. The molecular formula is C21H34O4. The third kappa shape index (κ3) is 8.50. The Bertz CT molecular complexity index is 467.